The van der Waals surface area contributed by atoms with Crippen LogP contribution in [0.3, 0.4) is 0 Å². The molecular weight excluding hydrogens is 523 g/mol. The van der Waals surface area contributed by atoms with Crippen LogP contribution >= 0.6 is 11.6 Å². The number of aromatic nitrogens is 1. The minimum Gasteiger partial charge on any atom is -0.465 e. The Morgan fingerprint density at radius 1 is 1.05 bits per heavy atom. The van der Waals surface area contributed by atoms with Crippen LogP contribution < -0.4 is 14.9 Å². The number of carbonyl (C=O) groups excluding carboxylic acids is 2. The van der Waals surface area contributed by atoms with Gasteiger partial charge in [-0.05, 0) is 36.4 Å². The van der Waals surface area contributed by atoms with E-state index in [0.717, 1.165) is 12.1 Å². The van der Waals surface area contributed by atoms with E-state index in [9.17, 15) is 27.6 Å². The Kier molecular flexibility index (Phi) is 7.21. The molecule has 2 aromatic carbocycles. The summed E-state index contributed by atoms with van der Waals surface area (Å²) in [6.45, 7) is 0. The van der Waals surface area contributed by atoms with Crippen LogP contribution in [0.5, 0.6) is 17.2 Å². The van der Waals surface area contributed by atoms with Crippen molar-refractivity contribution in [2.24, 2.45) is 0 Å². The Morgan fingerprint density at radius 2 is 1.76 bits per heavy atom. The van der Waals surface area contributed by atoms with Crippen LogP contribution in [-0.4, -0.2) is 24.2 Å². The highest BCUT2D eigenvalue weighted by atomic mass is 35.5. The van der Waals surface area contributed by atoms with Crippen LogP contribution in [0.4, 0.5) is 13.2 Å². The lowest BCUT2D eigenvalue weighted by atomic mass is 10.2. The molecule has 0 aliphatic heterocycles. The fraction of sp³-hybridized carbons (Fsp3) is 0.167. The number of carbonyl (C=O) groups is 2. The van der Waals surface area contributed by atoms with Gasteiger partial charge in [0.1, 0.15) is 22.8 Å². The highest BCUT2D eigenvalue weighted by Gasteiger charge is 2.40. The smallest absolute Gasteiger partial charge is 0.453 e. The highest BCUT2D eigenvalue weighted by molar-refractivity contribution is 6.29. The van der Waals surface area contributed by atoms with Gasteiger partial charge < -0.3 is 23.2 Å². The van der Waals surface area contributed by atoms with E-state index in [4.69, 9.17) is 30.0 Å². The maximum absolute atomic E-state index is 13.8. The molecule has 0 N–H and O–H groups in total. The van der Waals surface area contributed by atoms with Crippen molar-refractivity contribution < 1.29 is 45.9 Å². The van der Waals surface area contributed by atoms with Crippen LogP contribution in [0.1, 0.15) is 28.3 Å². The Morgan fingerprint density at radius 3 is 2.38 bits per heavy atom. The van der Waals surface area contributed by atoms with Crippen molar-refractivity contribution in [2.45, 2.75) is 19.0 Å². The number of hydrogen-bond donors (Lipinski definition) is 0. The predicted octanol–water partition coefficient (Wildman–Crippen LogP) is 5.57. The molecule has 9 nitrogen and oxygen atoms in total. The van der Waals surface area contributed by atoms with Crippen molar-refractivity contribution >= 4 is 34.5 Å². The number of benzene rings is 2. The minimum atomic E-state index is -5.10. The van der Waals surface area contributed by atoms with Gasteiger partial charge in [-0.1, -0.05) is 16.8 Å². The summed E-state index contributed by atoms with van der Waals surface area (Å²) in [6.07, 6.45) is -5.11. The summed E-state index contributed by atoms with van der Waals surface area (Å²) in [5, 5.41) is 3.35. The molecular formula is C24H15ClF3NO8. The van der Waals surface area contributed by atoms with E-state index in [1.807, 2.05) is 0 Å². The molecule has 4 rings (SSSR count). The zero-order chi connectivity index (χ0) is 26.7. The van der Waals surface area contributed by atoms with E-state index in [1.54, 1.807) is 0 Å². The van der Waals surface area contributed by atoms with Gasteiger partial charge >= 0.3 is 18.1 Å². The minimum absolute atomic E-state index is 0.120. The highest BCUT2D eigenvalue weighted by Crippen LogP contribution is 2.38. The van der Waals surface area contributed by atoms with Gasteiger partial charge in [-0.2, -0.15) is 13.2 Å². The lowest BCUT2D eigenvalue weighted by molar-refractivity contribution is -0.154. The van der Waals surface area contributed by atoms with Crippen LogP contribution in [0.25, 0.3) is 11.0 Å². The van der Waals surface area contributed by atoms with Crippen molar-refractivity contribution in [1.29, 1.82) is 0 Å². The molecule has 2 heterocycles. The quantitative estimate of drug-likeness (QED) is 0.220. The monoisotopic (exact) mass is 537 g/mol. The maximum atomic E-state index is 13.8. The first-order chi connectivity index (χ1) is 17.5. The van der Waals surface area contributed by atoms with Crippen molar-refractivity contribution in [1.82, 2.24) is 5.16 Å². The van der Waals surface area contributed by atoms with Crippen molar-refractivity contribution in [2.75, 3.05) is 7.11 Å². The molecule has 13 heteroatoms. The molecule has 0 saturated heterocycles. The molecule has 0 saturated carbocycles. The molecule has 0 fully saturated rings. The molecule has 4 aromatic rings. The Balaban J connectivity index is 1.61. The largest absolute Gasteiger partial charge is 0.465 e. The Bertz CT molecular complexity index is 1530. The SMILES string of the molecule is COC(=O)c1ccc(Oc2c(C(F)(F)F)oc3cc(OC(=O)CCc4cc(Cl)no4)ccc3c2=O)cc1. The molecule has 0 bridgehead atoms. The van der Waals surface area contributed by atoms with Crippen molar-refractivity contribution in [3.8, 4) is 17.2 Å². The summed E-state index contributed by atoms with van der Waals surface area (Å²) in [4.78, 5) is 36.6. The van der Waals surface area contributed by atoms with Crippen molar-refractivity contribution in [3.63, 3.8) is 0 Å². The summed E-state index contributed by atoms with van der Waals surface area (Å²) in [5.74, 6) is -4.12. The molecule has 0 amide bonds. The third kappa shape index (κ3) is 5.92. The Hall–Kier alpha value is -4.32. The van der Waals surface area contributed by atoms with Crippen molar-refractivity contribution in [3.05, 3.63) is 81.0 Å². The van der Waals surface area contributed by atoms with E-state index in [1.165, 1.54) is 43.5 Å². The molecule has 0 atom stereocenters. The third-order valence-corrected chi connectivity index (χ3v) is 5.09. The van der Waals surface area contributed by atoms with Gasteiger partial charge in [-0.3, -0.25) is 9.59 Å². The topological polar surface area (TPSA) is 118 Å². The van der Waals surface area contributed by atoms with E-state index in [-0.39, 0.29) is 40.4 Å². The second-order valence-electron chi connectivity index (χ2n) is 7.45. The normalized spacial score (nSPS) is 11.4. The third-order valence-electron chi connectivity index (χ3n) is 4.91. The van der Waals surface area contributed by atoms with E-state index >= 15 is 0 Å². The lowest BCUT2D eigenvalue weighted by Crippen LogP contribution is -2.16. The number of hydrogen-bond acceptors (Lipinski definition) is 9. The molecule has 2 aromatic heterocycles. The van der Waals surface area contributed by atoms with Crippen LogP contribution in [0.15, 0.2) is 62.3 Å². The summed E-state index contributed by atoms with van der Waals surface area (Å²) in [6, 6.07) is 9.70. The van der Waals surface area contributed by atoms with E-state index in [0.29, 0.717) is 5.76 Å². The zero-order valence-electron chi connectivity index (χ0n) is 18.8. The number of methoxy groups -OCH3 is 1. The van der Waals surface area contributed by atoms with Crippen LogP contribution in [0, 0.1) is 0 Å². The molecule has 37 heavy (non-hydrogen) atoms. The molecule has 0 radical (unpaired) electrons. The first-order valence-corrected chi connectivity index (χ1v) is 10.8. The molecule has 192 valence electrons. The second-order valence-corrected chi connectivity index (χ2v) is 7.84. The lowest BCUT2D eigenvalue weighted by Gasteiger charge is -2.14. The van der Waals surface area contributed by atoms with Gasteiger partial charge in [-0.15, -0.1) is 0 Å². The second kappa shape index (κ2) is 10.3. The molecule has 0 aliphatic carbocycles. The maximum Gasteiger partial charge on any atom is 0.453 e. The number of rotatable bonds is 7. The first kappa shape index (κ1) is 25.8. The molecule has 0 aliphatic rings. The summed E-state index contributed by atoms with van der Waals surface area (Å²) >= 11 is 5.64. The predicted molar refractivity (Wildman–Crippen MR) is 121 cm³/mol. The number of alkyl halides is 3. The Labute approximate surface area is 210 Å². The van der Waals surface area contributed by atoms with E-state index in [2.05, 4.69) is 9.89 Å². The fourth-order valence-corrected chi connectivity index (χ4v) is 3.36. The molecule has 0 spiro atoms. The number of fused-ring (bicyclic) bond motifs is 1. The zero-order valence-corrected chi connectivity index (χ0v) is 19.5. The van der Waals surface area contributed by atoms with Gasteiger partial charge in [0.2, 0.25) is 11.2 Å². The standard InChI is InChI=1S/C24H15ClF3NO8/c1-33-23(32)12-2-4-13(5-3-12)35-21-20(31)16-8-6-14(10-17(16)36-22(21)24(26,27)28)34-19(30)9-7-15-11-18(25)29-37-15/h2-6,8,10-11H,7,9H2,1H3. The van der Waals surface area contributed by atoms with Gasteiger partial charge in [-0.25, -0.2) is 4.79 Å². The average molecular weight is 538 g/mol. The molecule has 0 unspecified atom stereocenters. The summed E-state index contributed by atoms with van der Waals surface area (Å²) in [7, 11) is 1.17. The van der Waals surface area contributed by atoms with Gasteiger partial charge in [0.05, 0.1) is 24.5 Å². The van der Waals surface area contributed by atoms with Gasteiger partial charge in [0.25, 0.3) is 5.76 Å². The van der Waals surface area contributed by atoms with Crippen LogP contribution in [0.2, 0.25) is 5.15 Å². The van der Waals surface area contributed by atoms with Gasteiger partial charge in [0, 0.05) is 18.6 Å². The number of ether oxygens (including phenoxy) is 3. The fourth-order valence-electron chi connectivity index (χ4n) is 3.21. The van der Waals surface area contributed by atoms with Gasteiger partial charge in [0.15, 0.2) is 5.15 Å². The average Bonchev–Trinajstić information content (AvgIpc) is 3.28. The number of aryl methyl sites for hydroxylation is 1. The summed E-state index contributed by atoms with van der Waals surface area (Å²) < 4.78 is 66.1. The summed E-state index contributed by atoms with van der Waals surface area (Å²) in [5.41, 5.74) is -1.45. The number of esters is 2. The number of nitrogens with zero attached hydrogens (tertiary/aromatic N) is 1. The first-order valence-electron chi connectivity index (χ1n) is 10.4. The van der Waals surface area contributed by atoms with Crippen LogP contribution in [-0.2, 0) is 22.1 Å². The van der Waals surface area contributed by atoms with E-state index < -0.39 is 40.6 Å². The number of halogens is 4.